The molecule has 4 heterocycles. The second-order valence-corrected chi connectivity index (χ2v) is 6.82. The van der Waals surface area contributed by atoms with Crippen LogP contribution in [0.25, 0.3) is 16.7 Å². The maximum absolute atomic E-state index is 6.36. The maximum atomic E-state index is 6.36. The summed E-state index contributed by atoms with van der Waals surface area (Å²) >= 11 is 6.36. The van der Waals surface area contributed by atoms with E-state index in [1.807, 2.05) is 30.5 Å². The zero-order valence-corrected chi connectivity index (χ0v) is 13.2. The molecule has 2 aliphatic heterocycles. The van der Waals surface area contributed by atoms with Gasteiger partial charge in [-0.05, 0) is 43.0 Å². The first-order valence-electron chi connectivity index (χ1n) is 8.02. The summed E-state index contributed by atoms with van der Waals surface area (Å²) in [4.78, 5) is 4.42. The number of pyridine rings is 1. The smallest absolute Gasteiger partial charge is 0.154 e. The lowest BCUT2D eigenvalue weighted by Gasteiger charge is -2.21. The molecule has 0 saturated carbocycles. The van der Waals surface area contributed by atoms with Gasteiger partial charge in [-0.1, -0.05) is 28.9 Å². The average Bonchev–Trinajstić information content (AvgIpc) is 3.30. The van der Waals surface area contributed by atoms with Crippen LogP contribution in [0.2, 0.25) is 5.15 Å². The van der Waals surface area contributed by atoms with E-state index in [0.29, 0.717) is 23.2 Å². The van der Waals surface area contributed by atoms with Crippen LogP contribution < -0.4 is 5.32 Å². The van der Waals surface area contributed by atoms with Crippen LogP contribution in [0.4, 0.5) is 0 Å². The molecular formula is C17H16ClN5. The molecule has 2 bridgehead atoms. The number of para-hydroxylation sites is 1. The number of hydrogen-bond acceptors (Lipinski definition) is 4. The number of nitrogens with zero attached hydrogens (tertiary/aromatic N) is 4. The molecule has 0 spiro atoms. The monoisotopic (exact) mass is 325 g/mol. The molecule has 2 aromatic heterocycles. The number of rotatable bonds is 2. The van der Waals surface area contributed by atoms with Crippen molar-refractivity contribution in [2.75, 3.05) is 0 Å². The molecular weight excluding hydrogens is 310 g/mol. The van der Waals surface area contributed by atoms with Gasteiger partial charge in [-0.15, -0.1) is 5.10 Å². The predicted octanol–water partition coefficient (Wildman–Crippen LogP) is 3.08. The first kappa shape index (κ1) is 13.5. The minimum Gasteiger partial charge on any atom is -0.311 e. The van der Waals surface area contributed by atoms with Gasteiger partial charge in [-0.25, -0.2) is 9.67 Å². The fourth-order valence-corrected chi connectivity index (χ4v) is 4.23. The Kier molecular flexibility index (Phi) is 2.93. The second kappa shape index (κ2) is 5.01. The van der Waals surface area contributed by atoms with E-state index in [9.17, 15) is 0 Å². The SMILES string of the molecule is Clc1ncc(C2CC3CCC2N3)cc1-n1nnc2ccccc21. The summed E-state index contributed by atoms with van der Waals surface area (Å²) in [6.07, 6.45) is 5.64. The predicted molar refractivity (Wildman–Crippen MR) is 89.0 cm³/mol. The van der Waals surface area contributed by atoms with Crippen molar-refractivity contribution in [3.63, 3.8) is 0 Å². The molecule has 5 rings (SSSR count). The van der Waals surface area contributed by atoms with E-state index in [0.717, 1.165) is 16.7 Å². The summed E-state index contributed by atoms with van der Waals surface area (Å²) in [6, 6.07) is 11.2. The van der Waals surface area contributed by atoms with Gasteiger partial charge in [0.15, 0.2) is 5.15 Å². The van der Waals surface area contributed by atoms with E-state index < -0.39 is 0 Å². The minimum atomic E-state index is 0.459. The van der Waals surface area contributed by atoms with E-state index in [2.05, 4.69) is 26.7 Å². The number of nitrogens with one attached hydrogen (secondary N) is 1. The van der Waals surface area contributed by atoms with Gasteiger partial charge < -0.3 is 5.32 Å². The first-order chi connectivity index (χ1) is 11.3. The molecule has 0 amide bonds. The van der Waals surface area contributed by atoms with Gasteiger partial charge in [0.1, 0.15) is 11.2 Å². The van der Waals surface area contributed by atoms with Crippen LogP contribution in [0.15, 0.2) is 36.5 Å². The molecule has 2 saturated heterocycles. The fraction of sp³-hybridized carbons (Fsp3) is 0.353. The van der Waals surface area contributed by atoms with Crippen molar-refractivity contribution in [2.24, 2.45) is 0 Å². The molecule has 3 unspecified atom stereocenters. The second-order valence-electron chi connectivity index (χ2n) is 6.46. The van der Waals surface area contributed by atoms with Gasteiger partial charge in [0.2, 0.25) is 0 Å². The zero-order valence-electron chi connectivity index (χ0n) is 12.5. The average molecular weight is 326 g/mol. The summed E-state index contributed by atoms with van der Waals surface area (Å²) in [7, 11) is 0. The lowest BCUT2D eigenvalue weighted by atomic mass is 9.84. The van der Waals surface area contributed by atoms with E-state index in [-0.39, 0.29) is 0 Å². The highest BCUT2D eigenvalue weighted by atomic mass is 35.5. The van der Waals surface area contributed by atoms with Crippen molar-refractivity contribution < 1.29 is 0 Å². The molecule has 1 N–H and O–H groups in total. The third-order valence-corrected chi connectivity index (χ3v) is 5.44. The Morgan fingerprint density at radius 1 is 1.22 bits per heavy atom. The van der Waals surface area contributed by atoms with Gasteiger partial charge in [-0.3, -0.25) is 0 Å². The van der Waals surface area contributed by atoms with Crippen LogP contribution in [0, 0.1) is 0 Å². The Balaban J connectivity index is 1.61. The summed E-state index contributed by atoms with van der Waals surface area (Å²) in [6.45, 7) is 0. The van der Waals surface area contributed by atoms with Crippen molar-refractivity contribution in [2.45, 2.75) is 37.3 Å². The van der Waals surface area contributed by atoms with Crippen LogP contribution in [0.1, 0.15) is 30.7 Å². The first-order valence-corrected chi connectivity index (χ1v) is 8.40. The Morgan fingerprint density at radius 3 is 2.96 bits per heavy atom. The number of halogens is 1. The molecule has 0 aliphatic carbocycles. The number of hydrogen-bond donors (Lipinski definition) is 1. The standard InChI is InChI=1S/C17H16ClN5/c18-17-16(23-15-4-2-1-3-14(15)21-22-23)7-10(9-19-17)12-8-11-5-6-13(12)20-11/h1-4,7,9,11-13,20H,5-6,8H2. The number of benzene rings is 1. The van der Waals surface area contributed by atoms with Gasteiger partial charge >= 0.3 is 0 Å². The van der Waals surface area contributed by atoms with Crippen LogP contribution in [-0.2, 0) is 0 Å². The zero-order chi connectivity index (χ0) is 15.4. The van der Waals surface area contributed by atoms with Crippen LogP contribution in [0.5, 0.6) is 0 Å². The normalized spacial score (nSPS) is 26.2. The third-order valence-electron chi connectivity index (χ3n) is 5.15. The summed E-state index contributed by atoms with van der Waals surface area (Å²) < 4.78 is 1.79. The molecule has 5 nitrogen and oxygen atoms in total. The Bertz CT molecular complexity index is 890. The third kappa shape index (κ3) is 2.07. The lowest BCUT2D eigenvalue weighted by molar-refractivity contribution is 0.505. The Labute approximate surface area is 138 Å². The molecule has 23 heavy (non-hydrogen) atoms. The molecule has 2 fully saturated rings. The number of fused-ring (bicyclic) bond motifs is 3. The highest BCUT2D eigenvalue weighted by Crippen LogP contribution is 2.40. The topological polar surface area (TPSA) is 55.6 Å². The van der Waals surface area contributed by atoms with Crippen molar-refractivity contribution in [1.29, 1.82) is 0 Å². The van der Waals surface area contributed by atoms with E-state index >= 15 is 0 Å². The van der Waals surface area contributed by atoms with Gasteiger partial charge in [0, 0.05) is 24.2 Å². The highest BCUT2D eigenvalue weighted by Gasteiger charge is 2.40. The summed E-state index contributed by atoms with van der Waals surface area (Å²) in [5, 5.41) is 12.6. The molecule has 116 valence electrons. The van der Waals surface area contributed by atoms with E-state index in [1.165, 1.54) is 24.8 Å². The summed E-state index contributed by atoms with van der Waals surface area (Å²) in [5.41, 5.74) is 3.85. The Hall–Kier alpha value is -1.98. The maximum Gasteiger partial charge on any atom is 0.154 e. The van der Waals surface area contributed by atoms with Gasteiger partial charge in [0.05, 0.1) is 5.52 Å². The van der Waals surface area contributed by atoms with Crippen molar-refractivity contribution in [3.05, 3.63) is 47.2 Å². The van der Waals surface area contributed by atoms with E-state index in [1.54, 1.807) is 4.68 Å². The highest BCUT2D eigenvalue weighted by molar-refractivity contribution is 6.31. The molecule has 1 aromatic carbocycles. The fourth-order valence-electron chi connectivity index (χ4n) is 4.04. The molecule has 3 aromatic rings. The van der Waals surface area contributed by atoms with Crippen LogP contribution >= 0.6 is 11.6 Å². The van der Waals surface area contributed by atoms with Crippen molar-refractivity contribution >= 4 is 22.6 Å². The minimum absolute atomic E-state index is 0.459. The number of aromatic nitrogens is 4. The van der Waals surface area contributed by atoms with Crippen molar-refractivity contribution in [3.8, 4) is 5.69 Å². The van der Waals surface area contributed by atoms with Crippen molar-refractivity contribution in [1.82, 2.24) is 25.3 Å². The molecule has 2 aliphatic rings. The Morgan fingerprint density at radius 2 is 2.13 bits per heavy atom. The summed E-state index contributed by atoms with van der Waals surface area (Å²) in [5.74, 6) is 0.520. The van der Waals surface area contributed by atoms with Gasteiger partial charge in [0.25, 0.3) is 0 Å². The van der Waals surface area contributed by atoms with E-state index in [4.69, 9.17) is 11.6 Å². The molecule has 6 heteroatoms. The largest absolute Gasteiger partial charge is 0.311 e. The lowest BCUT2D eigenvalue weighted by Crippen LogP contribution is -2.21. The quantitative estimate of drug-likeness (QED) is 0.736. The van der Waals surface area contributed by atoms with Crippen LogP contribution in [-0.4, -0.2) is 32.1 Å². The van der Waals surface area contributed by atoms with Gasteiger partial charge in [-0.2, -0.15) is 0 Å². The molecule has 0 radical (unpaired) electrons. The molecule has 3 atom stereocenters. The van der Waals surface area contributed by atoms with Crippen LogP contribution in [0.3, 0.4) is 0 Å².